The van der Waals surface area contributed by atoms with Crippen molar-refractivity contribution in [3.63, 3.8) is 0 Å². The highest BCUT2D eigenvalue weighted by molar-refractivity contribution is 6.30. The summed E-state index contributed by atoms with van der Waals surface area (Å²) in [6, 6.07) is 16.1. The van der Waals surface area contributed by atoms with E-state index in [2.05, 4.69) is 37.1 Å². The number of benzene rings is 2. The molecule has 3 heteroatoms. The summed E-state index contributed by atoms with van der Waals surface area (Å²) in [5, 5.41) is 0.689. The van der Waals surface area contributed by atoms with E-state index in [4.69, 9.17) is 28.0 Å². The number of halogens is 1. The highest BCUT2D eigenvalue weighted by atomic mass is 35.5. The van der Waals surface area contributed by atoms with Crippen molar-refractivity contribution in [1.82, 2.24) is 9.97 Å². The zero-order chi connectivity index (χ0) is 18.5. The molecule has 0 spiro atoms. The number of hydrogen-bond acceptors (Lipinski definition) is 2. The normalized spacial score (nSPS) is 10.5. The minimum absolute atomic E-state index is 0.659. The highest BCUT2D eigenvalue weighted by Gasteiger charge is 2.12. The van der Waals surface area contributed by atoms with E-state index in [0.29, 0.717) is 11.4 Å². The third kappa shape index (κ3) is 4.12. The SMILES string of the molecule is C#CCc1ccc(Cc2nc(-c3cccc(Cl)c3)nc(C)c2CC)cc1. The first-order valence-electron chi connectivity index (χ1n) is 8.74. The molecule has 0 radical (unpaired) electrons. The van der Waals surface area contributed by atoms with E-state index >= 15 is 0 Å². The van der Waals surface area contributed by atoms with Gasteiger partial charge in [-0.1, -0.05) is 54.9 Å². The third-order valence-electron chi connectivity index (χ3n) is 4.44. The number of hydrogen-bond donors (Lipinski definition) is 0. The maximum atomic E-state index is 6.13. The fourth-order valence-electron chi connectivity index (χ4n) is 3.10. The molecule has 0 atom stereocenters. The van der Waals surface area contributed by atoms with Crippen LogP contribution >= 0.6 is 11.6 Å². The van der Waals surface area contributed by atoms with Crippen molar-refractivity contribution in [2.75, 3.05) is 0 Å². The lowest BCUT2D eigenvalue weighted by atomic mass is 10.0. The topological polar surface area (TPSA) is 25.8 Å². The van der Waals surface area contributed by atoms with Gasteiger partial charge in [0.05, 0.1) is 5.69 Å². The molecule has 0 aliphatic heterocycles. The van der Waals surface area contributed by atoms with Crippen molar-refractivity contribution in [1.29, 1.82) is 0 Å². The van der Waals surface area contributed by atoms with Gasteiger partial charge in [-0.05, 0) is 42.2 Å². The molecule has 2 aromatic carbocycles. The number of aryl methyl sites for hydroxylation is 1. The molecule has 0 unspecified atom stereocenters. The molecule has 0 aliphatic carbocycles. The van der Waals surface area contributed by atoms with Crippen LogP contribution in [0.5, 0.6) is 0 Å². The number of rotatable bonds is 5. The molecule has 0 saturated heterocycles. The summed E-state index contributed by atoms with van der Waals surface area (Å²) >= 11 is 6.13. The summed E-state index contributed by atoms with van der Waals surface area (Å²) in [7, 11) is 0. The number of nitrogens with zero attached hydrogens (tertiary/aromatic N) is 2. The van der Waals surface area contributed by atoms with Crippen molar-refractivity contribution in [2.24, 2.45) is 0 Å². The maximum absolute atomic E-state index is 6.13. The van der Waals surface area contributed by atoms with Crippen LogP contribution in [0, 0.1) is 19.3 Å². The lowest BCUT2D eigenvalue weighted by Crippen LogP contribution is -2.06. The monoisotopic (exact) mass is 360 g/mol. The van der Waals surface area contributed by atoms with Crippen molar-refractivity contribution < 1.29 is 0 Å². The molecule has 0 amide bonds. The van der Waals surface area contributed by atoms with Gasteiger partial charge in [-0.3, -0.25) is 0 Å². The van der Waals surface area contributed by atoms with Crippen LogP contribution < -0.4 is 0 Å². The molecule has 0 fully saturated rings. The van der Waals surface area contributed by atoms with Crippen LogP contribution in [0.3, 0.4) is 0 Å². The summed E-state index contributed by atoms with van der Waals surface area (Å²) in [5.74, 6) is 3.40. The zero-order valence-corrected chi connectivity index (χ0v) is 15.8. The minimum atomic E-state index is 0.659. The van der Waals surface area contributed by atoms with Crippen molar-refractivity contribution >= 4 is 11.6 Å². The van der Waals surface area contributed by atoms with E-state index < -0.39 is 0 Å². The van der Waals surface area contributed by atoms with E-state index in [9.17, 15) is 0 Å². The fraction of sp³-hybridized carbons (Fsp3) is 0.217. The van der Waals surface area contributed by atoms with E-state index in [1.807, 2.05) is 31.2 Å². The molecule has 1 heterocycles. The predicted octanol–water partition coefficient (Wildman–Crippen LogP) is 5.43. The van der Waals surface area contributed by atoms with Gasteiger partial charge in [0.1, 0.15) is 0 Å². The van der Waals surface area contributed by atoms with Crippen molar-refractivity contribution in [3.8, 4) is 23.7 Å². The third-order valence-corrected chi connectivity index (χ3v) is 4.67. The average Bonchev–Trinajstić information content (AvgIpc) is 2.63. The van der Waals surface area contributed by atoms with Gasteiger partial charge in [0.15, 0.2) is 5.82 Å². The molecule has 26 heavy (non-hydrogen) atoms. The lowest BCUT2D eigenvalue weighted by Gasteiger charge is -2.13. The Labute approximate surface area is 160 Å². The van der Waals surface area contributed by atoms with Crippen LogP contribution in [0.4, 0.5) is 0 Å². The van der Waals surface area contributed by atoms with Crippen LogP contribution in [0.25, 0.3) is 11.4 Å². The van der Waals surface area contributed by atoms with Crippen LogP contribution in [0.15, 0.2) is 48.5 Å². The van der Waals surface area contributed by atoms with Crippen molar-refractivity contribution in [2.45, 2.75) is 33.1 Å². The summed E-state index contributed by atoms with van der Waals surface area (Å²) in [6.07, 6.45) is 7.72. The Morgan fingerprint density at radius 3 is 2.42 bits per heavy atom. The quantitative estimate of drug-likeness (QED) is 0.566. The first kappa shape index (κ1) is 18.2. The summed E-state index contributed by atoms with van der Waals surface area (Å²) < 4.78 is 0. The molecule has 1 aromatic heterocycles. The first-order chi connectivity index (χ1) is 12.6. The molecule has 0 aliphatic rings. The van der Waals surface area contributed by atoms with Gasteiger partial charge in [-0.15, -0.1) is 12.3 Å². The summed E-state index contributed by atoms with van der Waals surface area (Å²) in [5.41, 5.74) is 6.62. The van der Waals surface area contributed by atoms with Crippen LogP contribution in [0.2, 0.25) is 5.02 Å². The molecule has 0 N–H and O–H groups in total. The van der Waals surface area contributed by atoms with Crippen LogP contribution in [-0.4, -0.2) is 9.97 Å². The molecule has 3 aromatic rings. The summed E-state index contributed by atoms with van der Waals surface area (Å²) in [6.45, 7) is 4.19. The van der Waals surface area contributed by atoms with Gasteiger partial charge in [-0.25, -0.2) is 9.97 Å². The van der Waals surface area contributed by atoms with E-state index in [-0.39, 0.29) is 0 Å². The molecule has 0 bridgehead atoms. The number of aromatic nitrogens is 2. The van der Waals surface area contributed by atoms with E-state index in [0.717, 1.165) is 41.2 Å². The first-order valence-corrected chi connectivity index (χ1v) is 9.12. The Morgan fingerprint density at radius 2 is 1.77 bits per heavy atom. The second kappa shape index (κ2) is 8.17. The zero-order valence-electron chi connectivity index (χ0n) is 15.1. The number of terminal acetylenes is 1. The Kier molecular flexibility index (Phi) is 5.71. The van der Waals surface area contributed by atoms with Gasteiger partial charge < -0.3 is 0 Å². The van der Waals surface area contributed by atoms with Gasteiger partial charge in [-0.2, -0.15) is 0 Å². The Hall–Kier alpha value is -2.63. The van der Waals surface area contributed by atoms with Crippen LogP contribution in [0.1, 0.15) is 35.0 Å². The minimum Gasteiger partial charge on any atom is -0.233 e. The molecule has 3 rings (SSSR count). The predicted molar refractivity (Wildman–Crippen MR) is 108 cm³/mol. The maximum Gasteiger partial charge on any atom is 0.159 e. The highest BCUT2D eigenvalue weighted by Crippen LogP contribution is 2.24. The van der Waals surface area contributed by atoms with Crippen LogP contribution in [-0.2, 0) is 19.3 Å². The molecule has 0 saturated carbocycles. The smallest absolute Gasteiger partial charge is 0.159 e. The second-order valence-corrected chi connectivity index (χ2v) is 6.73. The van der Waals surface area contributed by atoms with Gasteiger partial charge in [0.25, 0.3) is 0 Å². The van der Waals surface area contributed by atoms with Gasteiger partial charge in [0, 0.05) is 29.1 Å². The largest absolute Gasteiger partial charge is 0.233 e. The fourth-order valence-corrected chi connectivity index (χ4v) is 3.29. The molecule has 130 valence electrons. The molecule has 2 nitrogen and oxygen atoms in total. The average molecular weight is 361 g/mol. The lowest BCUT2D eigenvalue weighted by molar-refractivity contribution is 0.925. The Bertz CT molecular complexity index is 953. The van der Waals surface area contributed by atoms with Gasteiger partial charge >= 0.3 is 0 Å². The second-order valence-electron chi connectivity index (χ2n) is 6.30. The molecular weight excluding hydrogens is 340 g/mol. The van der Waals surface area contributed by atoms with E-state index in [1.54, 1.807) is 0 Å². The van der Waals surface area contributed by atoms with E-state index in [1.165, 1.54) is 11.1 Å². The van der Waals surface area contributed by atoms with Gasteiger partial charge in [0.2, 0.25) is 0 Å². The standard InChI is InChI=1S/C23H21ClN2/c1-4-7-17-10-12-18(13-11-17)14-22-21(5-2)16(3)25-23(26-22)19-8-6-9-20(24)15-19/h1,6,8-13,15H,5,7,14H2,2-3H3. The Morgan fingerprint density at radius 1 is 1.04 bits per heavy atom. The van der Waals surface area contributed by atoms with Crippen molar-refractivity contribution in [3.05, 3.63) is 81.6 Å². The Balaban J connectivity index is 1.98. The molecular formula is C23H21ClN2. The summed E-state index contributed by atoms with van der Waals surface area (Å²) in [4.78, 5) is 9.57.